The molecule has 0 radical (unpaired) electrons. The third-order valence-corrected chi connectivity index (χ3v) is 6.06. The van der Waals surface area contributed by atoms with Crippen molar-refractivity contribution in [2.24, 2.45) is 11.8 Å². The number of rotatable bonds is 2. The molecule has 0 heterocycles. The summed E-state index contributed by atoms with van der Waals surface area (Å²) in [5.41, 5.74) is 2.59. The summed E-state index contributed by atoms with van der Waals surface area (Å²) in [6.07, 6.45) is 8.19. The summed E-state index contributed by atoms with van der Waals surface area (Å²) in [5.74, 6) is 1.66. The van der Waals surface area contributed by atoms with Crippen molar-refractivity contribution >= 4 is 0 Å². The van der Waals surface area contributed by atoms with Crippen LogP contribution in [-0.2, 0) is 6.42 Å². The van der Waals surface area contributed by atoms with Crippen LogP contribution in [0.25, 0.3) is 0 Å². The van der Waals surface area contributed by atoms with Gasteiger partial charge in [-0.1, -0.05) is 51.0 Å². The van der Waals surface area contributed by atoms with Gasteiger partial charge in [-0.15, -0.1) is 0 Å². The Bertz CT molecular complexity index is 467. The minimum atomic E-state index is -0.438. The van der Waals surface area contributed by atoms with E-state index in [-0.39, 0.29) is 0 Å². The second-order valence-electron chi connectivity index (χ2n) is 7.25. The highest BCUT2D eigenvalue weighted by atomic mass is 16.3. The van der Waals surface area contributed by atoms with Crippen LogP contribution in [-0.4, -0.2) is 10.7 Å². The Kier molecular flexibility index (Phi) is 3.90. The lowest BCUT2D eigenvalue weighted by Gasteiger charge is -2.44. The second kappa shape index (κ2) is 5.52. The quantitative estimate of drug-likeness (QED) is 0.828. The third-order valence-electron chi connectivity index (χ3n) is 6.06. The Labute approximate surface area is 123 Å². The third kappa shape index (κ3) is 2.53. The van der Waals surface area contributed by atoms with Crippen molar-refractivity contribution in [1.29, 1.82) is 0 Å². The summed E-state index contributed by atoms with van der Waals surface area (Å²) in [4.78, 5) is 0. The normalized spacial score (nSPS) is 37.5. The van der Waals surface area contributed by atoms with Gasteiger partial charge in [-0.2, -0.15) is 0 Å². The maximum Gasteiger partial charge on any atom is 0.0681 e. The molecule has 0 spiro atoms. The first-order valence-electron chi connectivity index (χ1n) is 8.40. The fourth-order valence-corrected chi connectivity index (χ4v) is 4.52. The van der Waals surface area contributed by atoms with Gasteiger partial charge in [0.2, 0.25) is 0 Å². The van der Waals surface area contributed by atoms with Gasteiger partial charge in [0.15, 0.2) is 0 Å². The highest BCUT2D eigenvalue weighted by molar-refractivity contribution is 5.33. The zero-order valence-corrected chi connectivity index (χ0v) is 12.9. The standard InChI is InChI=1S/C19H28O/c1-14-7-6-12-19(20,15(14)2)13-17-10-5-9-16-8-3-4-11-18(16)17/h3-4,8,11,14-15,17,20H,5-7,9-10,12-13H2,1-2H3. The molecule has 1 N–H and O–H groups in total. The summed E-state index contributed by atoms with van der Waals surface area (Å²) in [7, 11) is 0. The van der Waals surface area contributed by atoms with E-state index in [0.29, 0.717) is 17.8 Å². The van der Waals surface area contributed by atoms with Crippen LogP contribution in [0.2, 0.25) is 0 Å². The van der Waals surface area contributed by atoms with E-state index in [2.05, 4.69) is 38.1 Å². The summed E-state index contributed by atoms with van der Waals surface area (Å²) in [5, 5.41) is 11.2. The highest BCUT2D eigenvalue weighted by Gasteiger charge is 2.41. The van der Waals surface area contributed by atoms with Gasteiger partial charge in [0.05, 0.1) is 5.60 Å². The fraction of sp³-hybridized carbons (Fsp3) is 0.684. The lowest BCUT2D eigenvalue weighted by Crippen LogP contribution is -2.44. The average Bonchev–Trinajstić information content (AvgIpc) is 2.45. The Morgan fingerprint density at radius 3 is 2.80 bits per heavy atom. The van der Waals surface area contributed by atoms with Gasteiger partial charge in [-0.05, 0) is 61.0 Å². The van der Waals surface area contributed by atoms with E-state index in [9.17, 15) is 5.11 Å². The molecule has 1 aromatic rings. The predicted octanol–water partition coefficient (Wildman–Crippen LogP) is 4.68. The number of aliphatic hydroxyl groups is 1. The van der Waals surface area contributed by atoms with E-state index in [1.807, 2.05) is 0 Å². The largest absolute Gasteiger partial charge is 0.390 e. The Morgan fingerprint density at radius 1 is 1.15 bits per heavy atom. The number of hydrogen-bond acceptors (Lipinski definition) is 1. The van der Waals surface area contributed by atoms with E-state index in [1.165, 1.54) is 43.2 Å². The molecule has 1 nitrogen and oxygen atoms in total. The predicted molar refractivity (Wildman–Crippen MR) is 83.9 cm³/mol. The lowest BCUT2D eigenvalue weighted by molar-refractivity contribution is -0.0742. The Morgan fingerprint density at radius 2 is 1.95 bits per heavy atom. The van der Waals surface area contributed by atoms with Crippen LogP contribution in [0, 0.1) is 11.8 Å². The zero-order valence-electron chi connectivity index (χ0n) is 12.9. The maximum absolute atomic E-state index is 11.2. The minimum absolute atomic E-state index is 0.435. The van der Waals surface area contributed by atoms with Crippen molar-refractivity contribution < 1.29 is 5.11 Å². The number of aryl methyl sites for hydroxylation is 1. The molecule has 0 aromatic heterocycles. The van der Waals surface area contributed by atoms with Crippen LogP contribution in [0.1, 0.15) is 69.4 Å². The SMILES string of the molecule is CC1CCCC(O)(CC2CCCc3ccccc32)C1C. The first kappa shape index (κ1) is 14.1. The molecule has 20 heavy (non-hydrogen) atoms. The van der Waals surface area contributed by atoms with Crippen LogP contribution in [0.15, 0.2) is 24.3 Å². The van der Waals surface area contributed by atoms with Gasteiger partial charge in [0, 0.05) is 0 Å². The highest BCUT2D eigenvalue weighted by Crippen LogP contribution is 2.45. The monoisotopic (exact) mass is 272 g/mol. The second-order valence-corrected chi connectivity index (χ2v) is 7.25. The zero-order chi connectivity index (χ0) is 14.2. The summed E-state index contributed by atoms with van der Waals surface area (Å²) >= 11 is 0. The Balaban J connectivity index is 1.81. The van der Waals surface area contributed by atoms with Crippen molar-refractivity contribution in [3.05, 3.63) is 35.4 Å². The smallest absolute Gasteiger partial charge is 0.0681 e. The van der Waals surface area contributed by atoms with Gasteiger partial charge in [-0.25, -0.2) is 0 Å². The Hall–Kier alpha value is -0.820. The molecule has 2 aliphatic carbocycles. The molecule has 1 saturated carbocycles. The lowest BCUT2D eigenvalue weighted by atomic mass is 9.65. The van der Waals surface area contributed by atoms with E-state index >= 15 is 0 Å². The summed E-state index contributed by atoms with van der Waals surface area (Å²) in [6, 6.07) is 8.88. The average molecular weight is 272 g/mol. The van der Waals surface area contributed by atoms with Gasteiger partial charge >= 0.3 is 0 Å². The molecule has 110 valence electrons. The molecule has 1 heteroatoms. The topological polar surface area (TPSA) is 20.2 Å². The van der Waals surface area contributed by atoms with Crippen LogP contribution in [0.4, 0.5) is 0 Å². The number of hydrogen-bond donors (Lipinski definition) is 1. The van der Waals surface area contributed by atoms with E-state index in [0.717, 1.165) is 12.8 Å². The molecule has 0 aliphatic heterocycles. The molecule has 1 fully saturated rings. The molecule has 3 rings (SSSR count). The van der Waals surface area contributed by atoms with Crippen molar-refractivity contribution in [2.45, 2.75) is 70.3 Å². The van der Waals surface area contributed by atoms with Crippen LogP contribution < -0.4 is 0 Å². The molecule has 4 unspecified atom stereocenters. The maximum atomic E-state index is 11.2. The van der Waals surface area contributed by atoms with Crippen molar-refractivity contribution in [2.75, 3.05) is 0 Å². The molecule has 0 amide bonds. The molecule has 0 saturated heterocycles. The van der Waals surface area contributed by atoms with Gasteiger partial charge in [-0.3, -0.25) is 0 Å². The summed E-state index contributed by atoms with van der Waals surface area (Å²) in [6.45, 7) is 4.57. The molecule has 2 aliphatic rings. The van der Waals surface area contributed by atoms with Gasteiger partial charge in [0.25, 0.3) is 0 Å². The van der Waals surface area contributed by atoms with E-state index in [4.69, 9.17) is 0 Å². The van der Waals surface area contributed by atoms with Gasteiger partial charge < -0.3 is 5.11 Å². The molecular weight excluding hydrogens is 244 g/mol. The molecular formula is C19H28O. The molecule has 1 aromatic carbocycles. The van der Waals surface area contributed by atoms with Gasteiger partial charge in [0.1, 0.15) is 0 Å². The van der Waals surface area contributed by atoms with Crippen LogP contribution in [0.5, 0.6) is 0 Å². The first-order chi connectivity index (χ1) is 9.60. The molecule has 0 bridgehead atoms. The minimum Gasteiger partial charge on any atom is -0.390 e. The number of fused-ring (bicyclic) bond motifs is 1. The van der Waals surface area contributed by atoms with Crippen molar-refractivity contribution in [3.8, 4) is 0 Å². The fourth-order valence-electron chi connectivity index (χ4n) is 4.52. The summed E-state index contributed by atoms with van der Waals surface area (Å²) < 4.78 is 0. The molecule has 4 atom stereocenters. The van der Waals surface area contributed by atoms with E-state index in [1.54, 1.807) is 0 Å². The van der Waals surface area contributed by atoms with Crippen LogP contribution >= 0.6 is 0 Å². The van der Waals surface area contributed by atoms with Crippen molar-refractivity contribution in [1.82, 2.24) is 0 Å². The van der Waals surface area contributed by atoms with Crippen LogP contribution in [0.3, 0.4) is 0 Å². The number of benzene rings is 1. The van der Waals surface area contributed by atoms with E-state index < -0.39 is 5.60 Å². The van der Waals surface area contributed by atoms with Crippen molar-refractivity contribution in [3.63, 3.8) is 0 Å². The first-order valence-corrected chi connectivity index (χ1v) is 8.40.